The van der Waals surface area contributed by atoms with Crippen molar-refractivity contribution in [1.82, 2.24) is 15.2 Å². The van der Waals surface area contributed by atoms with Gasteiger partial charge < -0.3 is 4.74 Å². The Balaban J connectivity index is 2.15. The minimum absolute atomic E-state index is 0.0853. The van der Waals surface area contributed by atoms with Crippen molar-refractivity contribution in [2.75, 3.05) is 6.61 Å². The molecule has 2 rings (SSSR count). The zero-order chi connectivity index (χ0) is 13.8. The molecule has 1 heterocycles. The number of nitrogens with zero attached hydrogens (tertiary/aromatic N) is 2. The minimum atomic E-state index is -0.494. The Morgan fingerprint density at radius 1 is 1.37 bits per heavy atom. The number of H-pyrrole nitrogens is 1. The lowest BCUT2D eigenvalue weighted by molar-refractivity contribution is 0.0512. The van der Waals surface area contributed by atoms with Gasteiger partial charge in [-0.3, -0.25) is 5.10 Å². The number of benzene rings is 1. The molecule has 0 bridgehead atoms. The van der Waals surface area contributed by atoms with Crippen LogP contribution in [0.4, 0.5) is 0 Å². The first-order chi connectivity index (χ1) is 9.10. The van der Waals surface area contributed by atoms with E-state index in [0.717, 1.165) is 0 Å². The molecule has 0 spiro atoms. The molecule has 0 aliphatic carbocycles. The smallest absolute Gasteiger partial charge is 0.378 e. The number of aromatic amines is 1. The summed E-state index contributed by atoms with van der Waals surface area (Å²) in [5, 5.41) is 6.65. The highest BCUT2D eigenvalue weighted by Crippen LogP contribution is 2.13. The summed E-state index contributed by atoms with van der Waals surface area (Å²) in [5.41, 5.74) is 3.57. The fourth-order valence-corrected chi connectivity index (χ4v) is 1.83. The lowest BCUT2D eigenvalue weighted by atomic mass is 10.0. The Labute approximate surface area is 112 Å². The Morgan fingerprint density at radius 2 is 2.16 bits per heavy atom. The van der Waals surface area contributed by atoms with Gasteiger partial charge in [-0.2, -0.15) is 0 Å². The summed E-state index contributed by atoms with van der Waals surface area (Å²) < 4.78 is 4.85. The van der Waals surface area contributed by atoms with Crippen molar-refractivity contribution in [1.29, 1.82) is 0 Å². The minimum Gasteiger partial charge on any atom is -0.460 e. The van der Waals surface area contributed by atoms with Crippen molar-refractivity contribution in [2.24, 2.45) is 0 Å². The van der Waals surface area contributed by atoms with E-state index in [1.54, 1.807) is 6.92 Å². The van der Waals surface area contributed by atoms with E-state index in [-0.39, 0.29) is 5.82 Å². The van der Waals surface area contributed by atoms with Crippen LogP contribution in [0.2, 0.25) is 0 Å². The highest BCUT2D eigenvalue weighted by Gasteiger charge is 2.13. The molecule has 0 amide bonds. The standard InChI is InChI=1S/C14H17N3O2/c1-4-19-14(18)13-15-12(16-17-13)8-11-7-9(2)5-6-10(11)3/h5-7H,4,8H2,1-3H3,(H,15,16,17). The molecule has 0 unspecified atom stereocenters. The summed E-state index contributed by atoms with van der Waals surface area (Å²) in [6.45, 7) is 6.17. The van der Waals surface area contributed by atoms with Crippen LogP contribution in [0.15, 0.2) is 18.2 Å². The summed E-state index contributed by atoms with van der Waals surface area (Å²) in [4.78, 5) is 15.6. The molecule has 2 aromatic rings. The van der Waals surface area contributed by atoms with Gasteiger partial charge in [0, 0.05) is 6.42 Å². The van der Waals surface area contributed by atoms with E-state index in [4.69, 9.17) is 4.74 Å². The quantitative estimate of drug-likeness (QED) is 0.855. The first kappa shape index (κ1) is 13.3. The van der Waals surface area contributed by atoms with Crippen LogP contribution in [-0.2, 0) is 11.2 Å². The average Bonchev–Trinajstić information content (AvgIpc) is 2.83. The van der Waals surface area contributed by atoms with Crippen molar-refractivity contribution in [3.05, 3.63) is 46.5 Å². The number of hydrogen-bond acceptors (Lipinski definition) is 4. The normalized spacial score (nSPS) is 10.5. The van der Waals surface area contributed by atoms with Gasteiger partial charge >= 0.3 is 5.97 Å². The van der Waals surface area contributed by atoms with E-state index >= 15 is 0 Å². The van der Waals surface area contributed by atoms with E-state index in [0.29, 0.717) is 18.9 Å². The Bertz CT molecular complexity index is 590. The average molecular weight is 259 g/mol. The second kappa shape index (κ2) is 5.65. The second-order valence-corrected chi connectivity index (χ2v) is 4.43. The molecule has 0 saturated heterocycles. The third kappa shape index (κ3) is 3.19. The number of esters is 1. The topological polar surface area (TPSA) is 67.9 Å². The summed E-state index contributed by atoms with van der Waals surface area (Å²) in [5.74, 6) is 0.255. The molecule has 0 aliphatic rings. The zero-order valence-electron chi connectivity index (χ0n) is 11.4. The largest absolute Gasteiger partial charge is 0.460 e. The number of hydrogen-bond donors (Lipinski definition) is 1. The van der Waals surface area contributed by atoms with Crippen molar-refractivity contribution in [3.63, 3.8) is 0 Å². The van der Waals surface area contributed by atoms with E-state index in [2.05, 4.69) is 40.3 Å². The van der Waals surface area contributed by atoms with Crippen LogP contribution in [0, 0.1) is 13.8 Å². The molecular formula is C14H17N3O2. The van der Waals surface area contributed by atoms with Crippen LogP contribution >= 0.6 is 0 Å². The fourth-order valence-electron chi connectivity index (χ4n) is 1.83. The maximum absolute atomic E-state index is 11.5. The summed E-state index contributed by atoms with van der Waals surface area (Å²) >= 11 is 0. The maximum atomic E-state index is 11.5. The van der Waals surface area contributed by atoms with Crippen LogP contribution in [-0.4, -0.2) is 27.8 Å². The number of carbonyl (C=O) groups is 1. The number of aryl methyl sites for hydroxylation is 2. The first-order valence-electron chi connectivity index (χ1n) is 6.24. The number of nitrogens with one attached hydrogen (secondary N) is 1. The van der Waals surface area contributed by atoms with Gasteiger partial charge in [0.25, 0.3) is 5.82 Å². The molecule has 1 aromatic carbocycles. The van der Waals surface area contributed by atoms with E-state index in [9.17, 15) is 4.79 Å². The Morgan fingerprint density at radius 3 is 2.89 bits per heavy atom. The van der Waals surface area contributed by atoms with Crippen molar-refractivity contribution in [3.8, 4) is 0 Å². The summed E-state index contributed by atoms with van der Waals surface area (Å²) in [6.07, 6.45) is 0.625. The van der Waals surface area contributed by atoms with E-state index in [1.165, 1.54) is 16.7 Å². The van der Waals surface area contributed by atoms with Crippen molar-refractivity contribution >= 4 is 5.97 Å². The lowest BCUT2D eigenvalue weighted by Crippen LogP contribution is -2.06. The summed E-state index contributed by atoms with van der Waals surface area (Å²) in [7, 11) is 0. The second-order valence-electron chi connectivity index (χ2n) is 4.43. The molecule has 19 heavy (non-hydrogen) atoms. The molecule has 0 saturated carbocycles. The van der Waals surface area contributed by atoms with Crippen LogP contribution < -0.4 is 0 Å². The van der Waals surface area contributed by atoms with Gasteiger partial charge in [0.2, 0.25) is 0 Å². The lowest BCUT2D eigenvalue weighted by Gasteiger charge is -2.04. The molecular weight excluding hydrogens is 242 g/mol. The maximum Gasteiger partial charge on any atom is 0.378 e. The van der Waals surface area contributed by atoms with Crippen LogP contribution in [0.3, 0.4) is 0 Å². The van der Waals surface area contributed by atoms with E-state index < -0.39 is 5.97 Å². The summed E-state index contributed by atoms with van der Waals surface area (Å²) in [6, 6.07) is 6.26. The monoisotopic (exact) mass is 259 g/mol. The first-order valence-corrected chi connectivity index (χ1v) is 6.24. The zero-order valence-corrected chi connectivity index (χ0v) is 11.4. The van der Waals surface area contributed by atoms with Gasteiger partial charge in [-0.15, -0.1) is 5.10 Å². The number of ether oxygens (including phenoxy) is 1. The third-order valence-corrected chi connectivity index (χ3v) is 2.85. The molecule has 0 fully saturated rings. The third-order valence-electron chi connectivity index (χ3n) is 2.85. The molecule has 0 aliphatic heterocycles. The number of aromatic nitrogens is 3. The van der Waals surface area contributed by atoms with Gasteiger partial charge in [0.15, 0.2) is 0 Å². The SMILES string of the molecule is CCOC(=O)c1n[nH]c(Cc2cc(C)ccc2C)n1. The van der Waals surface area contributed by atoms with Gasteiger partial charge in [-0.1, -0.05) is 23.8 Å². The molecule has 0 radical (unpaired) electrons. The van der Waals surface area contributed by atoms with Gasteiger partial charge in [-0.05, 0) is 31.9 Å². The van der Waals surface area contributed by atoms with Gasteiger partial charge in [0.05, 0.1) is 6.61 Å². The van der Waals surface area contributed by atoms with Gasteiger partial charge in [0.1, 0.15) is 5.82 Å². The molecule has 0 atom stereocenters. The predicted molar refractivity (Wildman–Crippen MR) is 71.1 cm³/mol. The van der Waals surface area contributed by atoms with Crippen molar-refractivity contribution < 1.29 is 9.53 Å². The van der Waals surface area contributed by atoms with E-state index in [1.807, 2.05) is 6.92 Å². The highest BCUT2D eigenvalue weighted by atomic mass is 16.5. The number of carbonyl (C=O) groups excluding carboxylic acids is 1. The molecule has 5 nitrogen and oxygen atoms in total. The van der Waals surface area contributed by atoms with Crippen LogP contribution in [0.5, 0.6) is 0 Å². The molecule has 1 aromatic heterocycles. The highest BCUT2D eigenvalue weighted by molar-refractivity contribution is 5.84. The molecule has 5 heteroatoms. The fraction of sp³-hybridized carbons (Fsp3) is 0.357. The van der Waals surface area contributed by atoms with Gasteiger partial charge in [-0.25, -0.2) is 9.78 Å². The Kier molecular flexibility index (Phi) is 3.94. The molecule has 1 N–H and O–H groups in total. The Hall–Kier alpha value is -2.17. The van der Waals surface area contributed by atoms with Crippen LogP contribution in [0.1, 0.15) is 40.1 Å². The van der Waals surface area contributed by atoms with Crippen LogP contribution in [0.25, 0.3) is 0 Å². The number of rotatable bonds is 4. The predicted octanol–water partition coefficient (Wildman–Crippen LogP) is 2.19. The van der Waals surface area contributed by atoms with Crippen molar-refractivity contribution in [2.45, 2.75) is 27.2 Å². The molecule has 100 valence electrons.